The first-order valence-corrected chi connectivity index (χ1v) is 5.61. The van der Waals surface area contributed by atoms with Crippen LogP contribution in [-0.4, -0.2) is 35.7 Å². The number of likely N-dealkylation sites (tertiary alicyclic amines) is 1. The lowest BCUT2D eigenvalue weighted by atomic mass is 10.2. The Bertz CT molecular complexity index is 547. The Morgan fingerprint density at radius 1 is 1.42 bits per heavy atom. The number of hydrogen-bond donors (Lipinski definition) is 2. The topological polar surface area (TPSA) is 78.5 Å². The molecule has 0 unspecified atom stereocenters. The first kappa shape index (κ1) is 13.2. The summed E-state index contributed by atoms with van der Waals surface area (Å²) in [7, 11) is 1.38. The molecular formula is C12H12FN3O3. The summed E-state index contributed by atoms with van der Waals surface area (Å²) in [4.78, 5) is 35.5. The highest BCUT2D eigenvalue weighted by Crippen LogP contribution is 2.09. The number of carbonyl (C=O) groups is 3. The van der Waals surface area contributed by atoms with Crippen molar-refractivity contribution in [1.82, 2.24) is 15.8 Å². The molecule has 100 valence electrons. The summed E-state index contributed by atoms with van der Waals surface area (Å²) >= 11 is 0. The lowest BCUT2D eigenvalue weighted by Crippen LogP contribution is -2.47. The van der Waals surface area contributed by atoms with Crippen molar-refractivity contribution < 1.29 is 18.8 Å². The number of likely N-dealkylation sites (N-methyl/N-ethyl adjacent to an activating group) is 1. The van der Waals surface area contributed by atoms with E-state index < -0.39 is 23.7 Å². The van der Waals surface area contributed by atoms with E-state index in [1.165, 1.54) is 25.2 Å². The second-order valence-corrected chi connectivity index (χ2v) is 4.16. The largest absolute Gasteiger partial charge is 0.287 e. The zero-order valence-electron chi connectivity index (χ0n) is 10.1. The Morgan fingerprint density at radius 3 is 2.74 bits per heavy atom. The molecule has 1 aliphatic rings. The molecule has 2 rings (SSSR count). The average Bonchev–Trinajstić information content (AvgIpc) is 2.63. The number of nitrogens with one attached hydrogen (secondary N) is 2. The fourth-order valence-electron chi connectivity index (χ4n) is 1.72. The minimum absolute atomic E-state index is 0.0151. The first-order chi connectivity index (χ1) is 8.99. The Kier molecular flexibility index (Phi) is 3.57. The van der Waals surface area contributed by atoms with Gasteiger partial charge in [0.05, 0.1) is 6.42 Å². The van der Waals surface area contributed by atoms with Crippen LogP contribution in [0.15, 0.2) is 24.3 Å². The third-order valence-corrected chi connectivity index (χ3v) is 2.83. The van der Waals surface area contributed by atoms with Gasteiger partial charge in [0.25, 0.3) is 5.91 Å². The second kappa shape index (κ2) is 5.15. The number of amides is 3. The fourth-order valence-corrected chi connectivity index (χ4v) is 1.72. The number of hydrazine groups is 1. The summed E-state index contributed by atoms with van der Waals surface area (Å²) in [6.07, 6.45) is -0.0151. The number of nitrogens with zero attached hydrogens (tertiary/aromatic N) is 1. The molecular weight excluding hydrogens is 253 g/mol. The van der Waals surface area contributed by atoms with Crippen LogP contribution in [0.1, 0.15) is 16.8 Å². The molecule has 0 spiro atoms. The maximum Gasteiger partial charge on any atom is 0.265 e. The third kappa shape index (κ3) is 2.76. The van der Waals surface area contributed by atoms with E-state index in [1.807, 2.05) is 0 Å². The Hall–Kier alpha value is -2.28. The summed E-state index contributed by atoms with van der Waals surface area (Å²) in [5.74, 6) is -1.83. The van der Waals surface area contributed by atoms with Gasteiger partial charge in [-0.2, -0.15) is 0 Å². The standard InChI is InChI=1S/C12H12FN3O3/c1-16-10(17)6-9(12(16)19)14-15-11(18)7-3-2-4-8(13)5-7/h2-5,9,14H,6H2,1H3,(H,15,18)/t9-/m1/s1. The van der Waals surface area contributed by atoms with Gasteiger partial charge in [0.2, 0.25) is 11.8 Å². The molecule has 0 aromatic heterocycles. The number of imide groups is 1. The van der Waals surface area contributed by atoms with E-state index in [2.05, 4.69) is 10.9 Å². The van der Waals surface area contributed by atoms with Crippen molar-refractivity contribution in [3.63, 3.8) is 0 Å². The third-order valence-electron chi connectivity index (χ3n) is 2.83. The van der Waals surface area contributed by atoms with Crippen LogP contribution in [0.4, 0.5) is 4.39 Å². The second-order valence-electron chi connectivity index (χ2n) is 4.16. The van der Waals surface area contributed by atoms with Crippen LogP contribution in [0, 0.1) is 5.82 Å². The molecule has 1 saturated heterocycles. The summed E-state index contributed by atoms with van der Waals surface area (Å²) in [6, 6.07) is 4.36. The lowest BCUT2D eigenvalue weighted by molar-refractivity contribution is -0.137. The van der Waals surface area contributed by atoms with Crippen molar-refractivity contribution in [2.24, 2.45) is 0 Å². The number of halogens is 1. The minimum atomic E-state index is -0.782. The highest BCUT2D eigenvalue weighted by molar-refractivity contribution is 6.05. The monoisotopic (exact) mass is 265 g/mol. The van der Waals surface area contributed by atoms with Gasteiger partial charge in [0.1, 0.15) is 11.9 Å². The van der Waals surface area contributed by atoms with Crippen molar-refractivity contribution in [3.05, 3.63) is 35.6 Å². The predicted octanol–water partition coefficient (Wildman–Crippen LogP) is -0.183. The number of benzene rings is 1. The van der Waals surface area contributed by atoms with Crippen LogP contribution in [0.25, 0.3) is 0 Å². The molecule has 7 heteroatoms. The zero-order valence-corrected chi connectivity index (χ0v) is 10.1. The first-order valence-electron chi connectivity index (χ1n) is 5.61. The Balaban J connectivity index is 1.95. The van der Waals surface area contributed by atoms with Gasteiger partial charge in [0, 0.05) is 12.6 Å². The SMILES string of the molecule is CN1C(=O)C[C@@H](NNC(=O)c2cccc(F)c2)C1=O. The Labute approximate surface area is 108 Å². The molecule has 6 nitrogen and oxygen atoms in total. The van der Waals surface area contributed by atoms with Gasteiger partial charge in [-0.15, -0.1) is 0 Å². The molecule has 2 N–H and O–H groups in total. The molecule has 0 aliphatic carbocycles. The van der Waals surface area contributed by atoms with Crippen LogP contribution in [0.5, 0.6) is 0 Å². The molecule has 0 bridgehead atoms. The van der Waals surface area contributed by atoms with Crippen LogP contribution in [-0.2, 0) is 9.59 Å². The molecule has 1 fully saturated rings. The van der Waals surface area contributed by atoms with Crippen LogP contribution in [0.3, 0.4) is 0 Å². The normalized spacial score (nSPS) is 18.8. The van der Waals surface area contributed by atoms with Gasteiger partial charge in [-0.3, -0.25) is 24.7 Å². The predicted molar refractivity (Wildman–Crippen MR) is 63.2 cm³/mol. The molecule has 3 amide bonds. The minimum Gasteiger partial charge on any atom is -0.287 e. The van der Waals surface area contributed by atoms with Crippen molar-refractivity contribution in [2.45, 2.75) is 12.5 Å². The Morgan fingerprint density at radius 2 is 2.16 bits per heavy atom. The van der Waals surface area contributed by atoms with E-state index in [0.717, 1.165) is 11.0 Å². The highest BCUT2D eigenvalue weighted by Gasteiger charge is 2.36. The van der Waals surface area contributed by atoms with E-state index in [0.29, 0.717) is 0 Å². The van der Waals surface area contributed by atoms with Crippen molar-refractivity contribution in [3.8, 4) is 0 Å². The molecule has 1 atom stereocenters. The molecule has 0 saturated carbocycles. The van der Waals surface area contributed by atoms with Crippen molar-refractivity contribution in [1.29, 1.82) is 0 Å². The number of carbonyl (C=O) groups excluding carboxylic acids is 3. The summed E-state index contributed by atoms with van der Waals surface area (Å²) < 4.78 is 12.9. The maximum atomic E-state index is 12.9. The number of rotatable bonds is 3. The molecule has 1 aromatic carbocycles. The fraction of sp³-hybridized carbons (Fsp3) is 0.250. The van der Waals surface area contributed by atoms with Crippen molar-refractivity contribution in [2.75, 3.05) is 7.05 Å². The quantitative estimate of drug-likeness (QED) is 0.587. The van der Waals surface area contributed by atoms with Gasteiger partial charge >= 0.3 is 0 Å². The summed E-state index contributed by atoms with van der Waals surface area (Å²) in [5, 5.41) is 0. The average molecular weight is 265 g/mol. The van der Waals surface area contributed by atoms with Crippen molar-refractivity contribution >= 4 is 17.7 Å². The van der Waals surface area contributed by atoms with Gasteiger partial charge in [-0.05, 0) is 18.2 Å². The highest BCUT2D eigenvalue weighted by atomic mass is 19.1. The molecule has 19 heavy (non-hydrogen) atoms. The summed E-state index contributed by atoms with van der Waals surface area (Å²) in [5.41, 5.74) is 4.88. The van der Waals surface area contributed by atoms with E-state index in [9.17, 15) is 18.8 Å². The van der Waals surface area contributed by atoms with Gasteiger partial charge in [-0.1, -0.05) is 6.07 Å². The molecule has 1 aromatic rings. The van der Waals surface area contributed by atoms with Crippen LogP contribution >= 0.6 is 0 Å². The molecule has 1 aliphatic heterocycles. The maximum absolute atomic E-state index is 12.9. The van der Waals surface area contributed by atoms with Crippen LogP contribution in [0.2, 0.25) is 0 Å². The van der Waals surface area contributed by atoms with Crippen LogP contribution < -0.4 is 10.9 Å². The smallest absolute Gasteiger partial charge is 0.265 e. The summed E-state index contributed by atoms with van der Waals surface area (Å²) in [6.45, 7) is 0. The van der Waals surface area contributed by atoms with E-state index in [-0.39, 0.29) is 17.9 Å². The van der Waals surface area contributed by atoms with E-state index in [1.54, 1.807) is 0 Å². The van der Waals surface area contributed by atoms with Gasteiger partial charge in [0.15, 0.2) is 0 Å². The van der Waals surface area contributed by atoms with Gasteiger partial charge in [-0.25, -0.2) is 9.82 Å². The zero-order chi connectivity index (χ0) is 14.0. The lowest BCUT2D eigenvalue weighted by Gasteiger charge is -2.12. The molecule has 1 heterocycles. The molecule has 0 radical (unpaired) electrons. The van der Waals surface area contributed by atoms with Gasteiger partial charge < -0.3 is 0 Å². The number of hydrogen-bond acceptors (Lipinski definition) is 4. The van der Waals surface area contributed by atoms with E-state index >= 15 is 0 Å². The van der Waals surface area contributed by atoms with E-state index in [4.69, 9.17) is 0 Å².